The van der Waals surface area contributed by atoms with E-state index >= 15 is 0 Å². The molecule has 0 aliphatic rings. The summed E-state index contributed by atoms with van der Waals surface area (Å²) < 4.78 is 29.4. The van der Waals surface area contributed by atoms with E-state index in [0.717, 1.165) is 15.4 Å². The van der Waals surface area contributed by atoms with Crippen molar-refractivity contribution < 1.29 is 18.0 Å². The second-order valence-electron chi connectivity index (χ2n) is 10.6. The van der Waals surface area contributed by atoms with Gasteiger partial charge in [0.25, 0.3) is 10.0 Å². The zero-order chi connectivity index (χ0) is 31.0. The number of hydrogen-bond donors (Lipinski definition) is 1. The lowest BCUT2D eigenvalue weighted by Crippen LogP contribution is -2.52. The van der Waals surface area contributed by atoms with E-state index in [1.54, 1.807) is 54.6 Å². The van der Waals surface area contributed by atoms with Crippen LogP contribution >= 0.6 is 23.2 Å². The molecule has 0 saturated heterocycles. The van der Waals surface area contributed by atoms with Crippen LogP contribution in [0, 0.1) is 12.8 Å². The maximum absolute atomic E-state index is 14.2. The zero-order valence-electron chi connectivity index (χ0n) is 24.7. The number of hydrogen-bond acceptors (Lipinski definition) is 4. The smallest absolute Gasteiger partial charge is 0.264 e. The second-order valence-corrected chi connectivity index (χ2v) is 13.3. The largest absolute Gasteiger partial charge is 0.354 e. The number of sulfonamides is 1. The molecule has 1 N–H and O–H groups in total. The minimum Gasteiger partial charge on any atom is -0.354 e. The molecule has 1 atom stereocenters. The Kier molecular flexibility index (Phi) is 11.9. The molecule has 10 heteroatoms. The number of amides is 2. The molecule has 0 aromatic heterocycles. The predicted octanol–water partition coefficient (Wildman–Crippen LogP) is 6.64. The number of halogens is 2. The summed E-state index contributed by atoms with van der Waals surface area (Å²) in [5.74, 6) is -0.609. The Morgan fingerprint density at radius 1 is 0.929 bits per heavy atom. The monoisotopic (exact) mass is 631 g/mol. The van der Waals surface area contributed by atoms with Gasteiger partial charge in [-0.3, -0.25) is 13.9 Å². The molecule has 0 unspecified atom stereocenters. The van der Waals surface area contributed by atoms with E-state index in [-0.39, 0.29) is 23.3 Å². The molecule has 226 valence electrons. The Bertz CT molecular complexity index is 1490. The van der Waals surface area contributed by atoms with Gasteiger partial charge in [0.15, 0.2) is 0 Å². The van der Waals surface area contributed by atoms with Crippen molar-refractivity contribution in [3.8, 4) is 0 Å². The van der Waals surface area contributed by atoms with Crippen LogP contribution in [0.25, 0.3) is 0 Å². The molecular weight excluding hydrogens is 593 g/mol. The number of aryl methyl sites for hydroxylation is 2. The molecule has 0 heterocycles. The molecule has 0 spiro atoms. The maximum Gasteiger partial charge on any atom is 0.264 e. The van der Waals surface area contributed by atoms with Crippen molar-refractivity contribution in [2.45, 2.75) is 64.9 Å². The molecule has 0 bridgehead atoms. The van der Waals surface area contributed by atoms with Gasteiger partial charge in [0.05, 0.1) is 20.6 Å². The van der Waals surface area contributed by atoms with Crippen molar-refractivity contribution in [2.75, 3.05) is 17.4 Å². The van der Waals surface area contributed by atoms with Crippen molar-refractivity contribution in [2.24, 2.45) is 5.92 Å². The normalized spacial score (nSPS) is 12.2. The average Bonchev–Trinajstić information content (AvgIpc) is 2.96. The quantitative estimate of drug-likeness (QED) is 0.229. The first kappa shape index (κ1) is 33.4. The third-order valence-corrected chi connectivity index (χ3v) is 9.45. The van der Waals surface area contributed by atoms with Crippen LogP contribution in [0.15, 0.2) is 71.6 Å². The SMILES string of the molecule is CCc1ccccc1N(CC(=O)N(Cc1ccc(Cl)c(Cl)c1)[C@H](CC)C(=O)NCC(C)C)S(=O)(=O)c1ccc(C)cc1. The third kappa shape index (κ3) is 8.27. The summed E-state index contributed by atoms with van der Waals surface area (Å²) in [5.41, 5.74) is 2.77. The highest BCUT2D eigenvalue weighted by atomic mass is 35.5. The lowest BCUT2D eigenvalue weighted by atomic mass is 10.1. The van der Waals surface area contributed by atoms with Crippen LogP contribution in [0.4, 0.5) is 5.69 Å². The number of carbonyl (C=O) groups is 2. The molecule has 0 saturated carbocycles. The minimum atomic E-state index is -4.14. The van der Waals surface area contributed by atoms with Crippen LogP contribution in [0.2, 0.25) is 10.0 Å². The van der Waals surface area contributed by atoms with E-state index in [1.165, 1.54) is 4.90 Å². The topological polar surface area (TPSA) is 86.8 Å². The minimum absolute atomic E-state index is 0.0389. The first-order valence-electron chi connectivity index (χ1n) is 14.1. The van der Waals surface area contributed by atoms with Crippen molar-refractivity contribution in [3.05, 3.63) is 93.5 Å². The highest BCUT2D eigenvalue weighted by molar-refractivity contribution is 7.92. The molecule has 2 amide bonds. The van der Waals surface area contributed by atoms with Gasteiger partial charge in [-0.15, -0.1) is 0 Å². The van der Waals surface area contributed by atoms with Crippen LogP contribution in [0.3, 0.4) is 0 Å². The number of nitrogens with one attached hydrogen (secondary N) is 1. The molecule has 42 heavy (non-hydrogen) atoms. The van der Waals surface area contributed by atoms with Crippen molar-refractivity contribution >= 4 is 50.7 Å². The molecule has 0 aliphatic heterocycles. The van der Waals surface area contributed by atoms with Gasteiger partial charge in [-0.05, 0) is 67.1 Å². The van der Waals surface area contributed by atoms with E-state index in [1.807, 2.05) is 46.8 Å². The highest BCUT2D eigenvalue weighted by Gasteiger charge is 2.34. The van der Waals surface area contributed by atoms with Gasteiger partial charge in [0.1, 0.15) is 12.6 Å². The van der Waals surface area contributed by atoms with E-state index in [0.29, 0.717) is 40.7 Å². The first-order chi connectivity index (χ1) is 19.9. The van der Waals surface area contributed by atoms with Crippen LogP contribution in [-0.4, -0.2) is 44.3 Å². The van der Waals surface area contributed by atoms with Crippen LogP contribution in [0.5, 0.6) is 0 Å². The molecule has 7 nitrogen and oxygen atoms in total. The van der Waals surface area contributed by atoms with E-state index in [4.69, 9.17) is 23.2 Å². The fourth-order valence-corrected chi connectivity index (χ4v) is 6.35. The van der Waals surface area contributed by atoms with Gasteiger partial charge in [-0.25, -0.2) is 8.42 Å². The summed E-state index contributed by atoms with van der Waals surface area (Å²) in [7, 11) is -4.14. The van der Waals surface area contributed by atoms with Crippen molar-refractivity contribution in [3.63, 3.8) is 0 Å². The lowest BCUT2D eigenvalue weighted by Gasteiger charge is -2.34. The summed E-state index contributed by atoms with van der Waals surface area (Å²) in [6.45, 7) is 9.58. The Balaban J connectivity index is 2.10. The molecule has 0 fully saturated rings. The van der Waals surface area contributed by atoms with Gasteiger partial charge in [0.2, 0.25) is 11.8 Å². The average molecular weight is 633 g/mol. The molecule has 3 rings (SSSR count). The van der Waals surface area contributed by atoms with Gasteiger partial charge in [0, 0.05) is 13.1 Å². The fraction of sp³-hybridized carbons (Fsp3) is 0.375. The summed E-state index contributed by atoms with van der Waals surface area (Å²) >= 11 is 12.4. The Hall–Kier alpha value is -3.07. The van der Waals surface area contributed by atoms with Gasteiger partial charge < -0.3 is 10.2 Å². The standard InChI is InChI=1S/C32H39Cl2N3O4S/c1-6-25-10-8-9-11-30(25)37(42(40,41)26-15-12-23(5)13-16-26)21-31(38)36(20-24-14-17-27(33)28(34)18-24)29(7-2)32(39)35-19-22(3)4/h8-18,22,29H,6-7,19-21H2,1-5H3,(H,35,39)/t29-/m1/s1. The number of benzene rings is 3. The lowest BCUT2D eigenvalue weighted by molar-refractivity contribution is -0.140. The number of anilines is 1. The molecule has 0 radical (unpaired) electrons. The number of nitrogens with zero attached hydrogens (tertiary/aromatic N) is 2. The Morgan fingerprint density at radius 3 is 2.19 bits per heavy atom. The van der Waals surface area contributed by atoms with Crippen LogP contribution in [0.1, 0.15) is 50.8 Å². The third-order valence-electron chi connectivity index (χ3n) is 6.94. The highest BCUT2D eigenvalue weighted by Crippen LogP contribution is 2.29. The van der Waals surface area contributed by atoms with Crippen molar-refractivity contribution in [1.29, 1.82) is 0 Å². The summed E-state index contributed by atoms with van der Waals surface area (Å²) in [6.07, 6.45) is 0.889. The summed E-state index contributed by atoms with van der Waals surface area (Å²) in [5, 5.41) is 3.61. The molecule has 3 aromatic rings. The predicted molar refractivity (Wildman–Crippen MR) is 170 cm³/mol. The second kappa shape index (κ2) is 14.9. The van der Waals surface area contributed by atoms with Crippen LogP contribution in [-0.2, 0) is 32.6 Å². The van der Waals surface area contributed by atoms with Gasteiger partial charge in [-0.2, -0.15) is 0 Å². The number of carbonyl (C=O) groups excluding carboxylic acids is 2. The Morgan fingerprint density at radius 2 is 1.60 bits per heavy atom. The zero-order valence-corrected chi connectivity index (χ0v) is 27.1. The van der Waals surface area contributed by atoms with E-state index in [9.17, 15) is 18.0 Å². The molecule has 0 aliphatic carbocycles. The molecular formula is C32H39Cl2N3O4S. The van der Waals surface area contributed by atoms with E-state index < -0.39 is 28.5 Å². The summed E-state index contributed by atoms with van der Waals surface area (Å²) in [6, 6.07) is 17.8. The van der Waals surface area contributed by atoms with Crippen molar-refractivity contribution in [1.82, 2.24) is 10.2 Å². The maximum atomic E-state index is 14.2. The first-order valence-corrected chi connectivity index (χ1v) is 16.3. The summed E-state index contributed by atoms with van der Waals surface area (Å²) in [4.78, 5) is 29.1. The van der Waals surface area contributed by atoms with Gasteiger partial charge >= 0.3 is 0 Å². The van der Waals surface area contributed by atoms with E-state index in [2.05, 4.69) is 5.32 Å². The fourth-order valence-electron chi connectivity index (χ4n) is 4.58. The van der Waals surface area contributed by atoms with Gasteiger partial charge in [-0.1, -0.05) is 92.9 Å². The Labute approximate surface area is 259 Å². The molecule has 3 aromatic carbocycles. The van der Waals surface area contributed by atoms with Crippen LogP contribution < -0.4 is 9.62 Å². The number of para-hydroxylation sites is 1. The number of rotatable bonds is 13.